The number of halogens is 3. The first-order valence-electron chi connectivity index (χ1n) is 7.53. The molecule has 1 heterocycles. The van der Waals surface area contributed by atoms with Crippen molar-refractivity contribution in [2.24, 2.45) is 0 Å². The van der Waals surface area contributed by atoms with Gasteiger partial charge >= 0.3 is 6.18 Å². The predicted octanol–water partition coefficient (Wildman–Crippen LogP) is 2.72. The maximum absolute atomic E-state index is 12.8. The van der Waals surface area contributed by atoms with E-state index in [1.54, 1.807) is 13.0 Å². The van der Waals surface area contributed by atoms with Crippen molar-refractivity contribution in [1.29, 1.82) is 0 Å². The zero-order valence-corrected chi connectivity index (χ0v) is 12.8. The lowest BCUT2D eigenvalue weighted by Gasteiger charge is -2.25. The van der Waals surface area contributed by atoms with Crippen molar-refractivity contribution in [3.05, 3.63) is 35.4 Å². The second-order valence-corrected chi connectivity index (χ2v) is 5.57. The molecule has 7 heteroatoms. The number of carbonyl (C=O) groups is 2. The molecule has 0 saturated carbocycles. The Kier molecular flexibility index (Phi) is 5.28. The van der Waals surface area contributed by atoms with Crippen LogP contribution in [0, 0.1) is 0 Å². The summed E-state index contributed by atoms with van der Waals surface area (Å²) in [6.45, 7) is 2.40. The third kappa shape index (κ3) is 4.46. The number of hydrogen-bond acceptors (Lipinski definition) is 2. The number of nitrogens with one attached hydrogen (secondary N) is 1. The van der Waals surface area contributed by atoms with E-state index in [9.17, 15) is 22.8 Å². The Labute approximate surface area is 132 Å². The number of benzene rings is 1. The molecule has 1 fully saturated rings. The molecule has 0 spiro atoms. The van der Waals surface area contributed by atoms with Crippen LogP contribution in [0.4, 0.5) is 13.2 Å². The molecule has 126 valence electrons. The lowest BCUT2D eigenvalue weighted by molar-refractivity contribution is -0.137. The minimum absolute atomic E-state index is 0.0901. The molecule has 1 unspecified atom stereocenters. The third-order valence-electron chi connectivity index (χ3n) is 3.85. The average molecular weight is 328 g/mol. The molecule has 0 aromatic heterocycles. The van der Waals surface area contributed by atoms with E-state index in [-0.39, 0.29) is 30.8 Å². The molecule has 4 nitrogen and oxygen atoms in total. The van der Waals surface area contributed by atoms with Gasteiger partial charge in [-0.15, -0.1) is 0 Å². The Morgan fingerprint density at radius 3 is 2.78 bits per heavy atom. The van der Waals surface area contributed by atoms with Crippen LogP contribution >= 0.6 is 0 Å². The fourth-order valence-electron chi connectivity index (χ4n) is 2.75. The van der Waals surface area contributed by atoms with Crippen molar-refractivity contribution in [3.63, 3.8) is 0 Å². The summed E-state index contributed by atoms with van der Waals surface area (Å²) in [5, 5.41) is 2.68. The Bertz CT molecular complexity index is 587. The summed E-state index contributed by atoms with van der Waals surface area (Å²) < 4.78 is 38.3. The molecule has 23 heavy (non-hydrogen) atoms. The molecule has 1 aliphatic rings. The van der Waals surface area contributed by atoms with Crippen molar-refractivity contribution in [3.8, 4) is 0 Å². The van der Waals surface area contributed by atoms with Gasteiger partial charge in [0.05, 0.1) is 5.56 Å². The quantitative estimate of drug-likeness (QED) is 0.903. The van der Waals surface area contributed by atoms with Gasteiger partial charge < -0.3 is 10.2 Å². The van der Waals surface area contributed by atoms with E-state index < -0.39 is 11.7 Å². The van der Waals surface area contributed by atoms with Crippen molar-refractivity contribution < 1.29 is 22.8 Å². The summed E-state index contributed by atoms with van der Waals surface area (Å²) in [7, 11) is 0. The summed E-state index contributed by atoms with van der Waals surface area (Å²) in [6, 6.07) is 4.68. The van der Waals surface area contributed by atoms with E-state index in [1.807, 2.05) is 0 Å². The largest absolute Gasteiger partial charge is 0.416 e. The molecule has 1 aromatic carbocycles. The number of rotatable bonds is 5. The molecule has 1 atom stereocenters. The SMILES string of the molecule is CCNC(=O)CC1CCC(=O)N1Cc1cccc(C(F)(F)F)c1. The number of amides is 2. The van der Waals surface area contributed by atoms with Gasteiger partial charge in [0.1, 0.15) is 0 Å². The topological polar surface area (TPSA) is 49.4 Å². The van der Waals surface area contributed by atoms with Gasteiger partial charge in [0.25, 0.3) is 0 Å². The summed E-state index contributed by atoms with van der Waals surface area (Å²) >= 11 is 0. The van der Waals surface area contributed by atoms with Crippen LogP contribution in [-0.4, -0.2) is 29.3 Å². The molecule has 2 rings (SSSR count). The van der Waals surface area contributed by atoms with Crippen LogP contribution in [0.3, 0.4) is 0 Å². The molecule has 0 bridgehead atoms. The Balaban J connectivity index is 2.10. The van der Waals surface area contributed by atoms with Gasteiger partial charge in [0.15, 0.2) is 0 Å². The van der Waals surface area contributed by atoms with Crippen LogP contribution < -0.4 is 5.32 Å². The minimum atomic E-state index is -4.41. The smallest absolute Gasteiger partial charge is 0.356 e. The van der Waals surface area contributed by atoms with Crippen LogP contribution in [0.1, 0.15) is 37.3 Å². The highest BCUT2D eigenvalue weighted by atomic mass is 19.4. The van der Waals surface area contributed by atoms with Crippen molar-refractivity contribution in [2.45, 2.75) is 44.9 Å². The first-order valence-corrected chi connectivity index (χ1v) is 7.53. The number of alkyl halides is 3. The standard InChI is InChI=1S/C16H19F3N2O2/c1-2-20-14(22)9-13-6-7-15(23)21(13)10-11-4-3-5-12(8-11)16(17,18)19/h3-5,8,13H,2,6-7,9-10H2,1H3,(H,20,22). The van der Waals surface area contributed by atoms with Gasteiger partial charge in [-0.3, -0.25) is 9.59 Å². The molecule has 1 N–H and O–H groups in total. The van der Waals surface area contributed by atoms with E-state index in [4.69, 9.17) is 0 Å². The van der Waals surface area contributed by atoms with Crippen molar-refractivity contribution in [1.82, 2.24) is 10.2 Å². The summed E-state index contributed by atoms with van der Waals surface area (Å²) in [5.74, 6) is -0.280. The number of hydrogen-bond donors (Lipinski definition) is 1. The van der Waals surface area contributed by atoms with E-state index in [0.29, 0.717) is 24.9 Å². The normalized spacial score (nSPS) is 18.3. The minimum Gasteiger partial charge on any atom is -0.356 e. The first-order chi connectivity index (χ1) is 10.8. The summed E-state index contributed by atoms with van der Waals surface area (Å²) in [4.78, 5) is 25.2. The predicted molar refractivity (Wildman–Crippen MR) is 78.3 cm³/mol. The number of nitrogens with zero attached hydrogens (tertiary/aromatic N) is 1. The molecule has 2 amide bonds. The number of likely N-dealkylation sites (tertiary alicyclic amines) is 1. The van der Waals surface area contributed by atoms with Gasteiger partial charge in [-0.05, 0) is 31.0 Å². The first kappa shape index (κ1) is 17.3. The van der Waals surface area contributed by atoms with E-state index >= 15 is 0 Å². The lowest BCUT2D eigenvalue weighted by Crippen LogP contribution is -2.37. The van der Waals surface area contributed by atoms with Gasteiger partial charge in [-0.25, -0.2) is 0 Å². The van der Waals surface area contributed by atoms with Crippen LogP contribution in [0.15, 0.2) is 24.3 Å². The molecular formula is C16H19F3N2O2. The number of carbonyl (C=O) groups excluding carboxylic acids is 2. The molecule has 1 saturated heterocycles. The summed E-state index contributed by atoms with van der Waals surface area (Å²) in [5.41, 5.74) is -0.321. The highest BCUT2D eigenvalue weighted by Gasteiger charge is 2.33. The van der Waals surface area contributed by atoms with Gasteiger partial charge in [0.2, 0.25) is 11.8 Å². The van der Waals surface area contributed by atoms with Crippen LogP contribution in [-0.2, 0) is 22.3 Å². The third-order valence-corrected chi connectivity index (χ3v) is 3.85. The van der Waals surface area contributed by atoms with Gasteiger partial charge in [-0.1, -0.05) is 12.1 Å². The van der Waals surface area contributed by atoms with Crippen molar-refractivity contribution >= 4 is 11.8 Å². The second-order valence-electron chi connectivity index (χ2n) is 5.57. The summed E-state index contributed by atoms with van der Waals surface area (Å²) in [6.07, 6.45) is -3.36. The molecule has 1 aliphatic heterocycles. The molecule has 1 aromatic rings. The average Bonchev–Trinajstić information content (AvgIpc) is 2.80. The van der Waals surface area contributed by atoms with E-state index in [1.165, 1.54) is 11.0 Å². The van der Waals surface area contributed by atoms with Gasteiger partial charge in [0, 0.05) is 32.0 Å². The highest BCUT2D eigenvalue weighted by molar-refractivity contribution is 5.82. The molecular weight excluding hydrogens is 309 g/mol. The Morgan fingerprint density at radius 1 is 1.39 bits per heavy atom. The highest BCUT2D eigenvalue weighted by Crippen LogP contribution is 2.30. The van der Waals surface area contributed by atoms with Gasteiger partial charge in [-0.2, -0.15) is 13.2 Å². The van der Waals surface area contributed by atoms with Crippen molar-refractivity contribution in [2.75, 3.05) is 6.54 Å². The monoisotopic (exact) mass is 328 g/mol. The van der Waals surface area contributed by atoms with Crippen LogP contribution in [0.25, 0.3) is 0 Å². The van der Waals surface area contributed by atoms with E-state index in [2.05, 4.69) is 5.32 Å². The molecule has 0 radical (unpaired) electrons. The second kappa shape index (κ2) is 7.02. The maximum Gasteiger partial charge on any atom is 0.416 e. The zero-order valence-electron chi connectivity index (χ0n) is 12.8. The van der Waals surface area contributed by atoms with Crippen LogP contribution in [0.5, 0.6) is 0 Å². The maximum atomic E-state index is 12.8. The fourth-order valence-corrected chi connectivity index (χ4v) is 2.75. The Morgan fingerprint density at radius 2 is 2.13 bits per heavy atom. The van der Waals surface area contributed by atoms with E-state index in [0.717, 1.165) is 12.1 Å². The lowest BCUT2D eigenvalue weighted by atomic mass is 10.1. The van der Waals surface area contributed by atoms with Crippen LogP contribution in [0.2, 0.25) is 0 Å². The Hall–Kier alpha value is -2.05. The zero-order chi connectivity index (χ0) is 17.0. The molecule has 0 aliphatic carbocycles. The fraction of sp³-hybridized carbons (Fsp3) is 0.500.